The molecule has 1 aromatic carbocycles. The fourth-order valence-electron chi connectivity index (χ4n) is 1.70. The Morgan fingerprint density at radius 2 is 2.24 bits per heavy atom. The number of nitrogens with one attached hydrogen (secondary N) is 1. The molecular weight excluding hydrogens is 284 g/mol. The van der Waals surface area contributed by atoms with Crippen molar-refractivity contribution in [1.29, 1.82) is 0 Å². The molecular formula is C12H13BrN2O2. The van der Waals surface area contributed by atoms with Crippen molar-refractivity contribution in [2.75, 3.05) is 7.11 Å². The first-order valence-electron chi connectivity index (χ1n) is 5.09. The molecule has 0 aliphatic heterocycles. The molecule has 2 rings (SSSR count). The highest BCUT2D eigenvalue weighted by Gasteiger charge is 2.17. The zero-order chi connectivity index (χ0) is 12.3. The van der Waals surface area contributed by atoms with E-state index in [1.54, 1.807) is 13.4 Å². The van der Waals surface area contributed by atoms with E-state index in [-0.39, 0.29) is 6.04 Å². The fourth-order valence-corrected chi connectivity index (χ4v) is 2.17. The molecule has 0 aliphatic carbocycles. The van der Waals surface area contributed by atoms with Gasteiger partial charge < -0.3 is 9.15 Å². The second-order valence-electron chi connectivity index (χ2n) is 3.53. The van der Waals surface area contributed by atoms with Crippen LogP contribution >= 0.6 is 15.9 Å². The van der Waals surface area contributed by atoms with Crippen LogP contribution in [0, 0.1) is 0 Å². The molecule has 3 N–H and O–H groups in total. The molecule has 0 amide bonds. The van der Waals surface area contributed by atoms with Crippen molar-refractivity contribution in [3.8, 4) is 5.75 Å². The zero-order valence-electron chi connectivity index (χ0n) is 9.31. The summed E-state index contributed by atoms with van der Waals surface area (Å²) in [5.74, 6) is 6.40. The minimum Gasteiger partial charge on any atom is -0.497 e. The minimum atomic E-state index is -0.141. The van der Waals surface area contributed by atoms with Crippen LogP contribution in [-0.4, -0.2) is 7.11 Å². The van der Waals surface area contributed by atoms with E-state index in [1.165, 1.54) is 0 Å². The summed E-state index contributed by atoms with van der Waals surface area (Å²) in [6, 6.07) is 9.46. The average Bonchev–Trinajstić information content (AvgIpc) is 2.77. The van der Waals surface area contributed by atoms with Gasteiger partial charge in [-0.2, -0.15) is 0 Å². The highest BCUT2D eigenvalue weighted by Crippen LogP contribution is 2.30. The molecule has 0 fully saturated rings. The van der Waals surface area contributed by atoms with Crippen molar-refractivity contribution in [2.45, 2.75) is 6.04 Å². The summed E-state index contributed by atoms with van der Waals surface area (Å²) in [6.45, 7) is 0. The predicted molar refractivity (Wildman–Crippen MR) is 68.6 cm³/mol. The van der Waals surface area contributed by atoms with E-state index in [2.05, 4.69) is 21.4 Å². The van der Waals surface area contributed by atoms with Crippen LogP contribution in [0.15, 0.2) is 45.7 Å². The van der Waals surface area contributed by atoms with Crippen molar-refractivity contribution in [3.63, 3.8) is 0 Å². The van der Waals surface area contributed by atoms with Crippen LogP contribution in [0.1, 0.15) is 17.2 Å². The first-order chi connectivity index (χ1) is 8.26. The molecule has 4 nitrogen and oxygen atoms in total. The Kier molecular flexibility index (Phi) is 3.83. The van der Waals surface area contributed by atoms with E-state index >= 15 is 0 Å². The topological polar surface area (TPSA) is 60.4 Å². The Bertz CT molecular complexity index is 499. The molecule has 0 radical (unpaired) electrons. The Morgan fingerprint density at radius 3 is 2.82 bits per heavy atom. The van der Waals surface area contributed by atoms with Crippen LogP contribution in [0.3, 0.4) is 0 Å². The van der Waals surface area contributed by atoms with E-state index < -0.39 is 0 Å². The third kappa shape index (κ3) is 2.52. The maximum atomic E-state index is 5.60. The largest absolute Gasteiger partial charge is 0.497 e. The van der Waals surface area contributed by atoms with Gasteiger partial charge in [0, 0.05) is 5.56 Å². The summed E-state index contributed by atoms with van der Waals surface area (Å²) in [7, 11) is 1.64. The van der Waals surface area contributed by atoms with Gasteiger partial charge in [0.1, 0.15) is 5.75 Å². The Hall–Kier alpha value is -1.30. The second-order valence-corrected chi connectivity index (χ2v) is 4.25. The summed E-state index contributed by atoms with van der Waals surface area (Å²) < 4.78 is 11.1. The van der Waals surface area contributed by atoms with Gasteiger partial charge in [0.2, 0.25) is 0 Å². The summed E-state index contributed by atoms with van der Waals surface area (Å²) >= 11 is 3.35. The van der Waals surface area contributed by atoms with Gasteiger partial charge in [-0.25, -0.2) is 5.43 Å². The van der Waals surface area contributed by atoms with Crippen molar-refractivity contribution >= 4 is 15.9 Å². The Labute approximate surface area is 108 Å². The number of rotatable bonds is 4. The standard InChI is InChI=1S/C12H13BrN2O2/c1-16-9-4-2-3-8(7-9)11(15-14)10-5-6-17-12(10)13/h2-7,11,15H,14H2,1H3. The molecule has 1 aromatic heterocycles. The molecule has 0 aliphatic rings. The van der Waals surface area contributed by atoms with Crippen molar-refractivity contribution in [1.82, 2.24) is 5.43 Å². The van der Waals surface area contributed by atoms with Crippen LogP contribution in [0.25, 0.3) is 0 Å². The maximum absolute atomic E-state index is 5.60. The number of halogens is 1. The highest BCUT2D eigenvalue weighted by molar-refractivity contribution is 9.10. The van der Waals surface area contributed by atoms with Crippen LogP contribution < -0.4 is 16.0 Å². The number of benzene rings is 1. The lowest BCUT2D eigenvalue weighted by Crippen LogP contribution is -2.28. The van der Waals surface area contributed by atoms with Gasteiger partial charge in [0.05, 0.1) is 19.4 Å². The number of hydrogen-bond acceptors (Lipinski definition) is 4. The molecule has 1 atom stereocenters. The van der Waals surface area contributed by atoms with Crippen molar-refractivity contribution in [3.05, 3.63) is 52.4 Å². The number of ether oxygens (including phenoxy) is 1. The first-order valence-corrected chi connectivity index (χ1v) is 5.88. The molecule has 0 spiro atoms. The third-order valence-corrected chi connectivity index (χ3v) is 3.20. The summed E-state index contributed by atoms with van der Waals surface area (Å²) in [4.78, 5) is 0. The maximum Gasteiger partial charge on any atom is 0.174 e. The number of methoxy groups -OCH3 is 1. The van der Waals surface area contributed by atoms with Crippen molar-refractivity contribution in [2.24, 2.45) is 5.84 Å². The fraction of sp³-hybridized carbons (Fsp3) is 0.167. The second kappa shape index (κ2) is 5.35. The van der Waals surface area contributed by atoms with Gasteiger partial charge in [-0.05, 0) is 39.7 Å². The summed E-state index contributed by atoms with van der Waals surface area (Å²) in [5.41, 5.74) is 4.72. The van der Waals surface area contributed by atoms with Gasteiger partial charge >= 0.3 is 0 Å². The molecule has 1 heterocycles. The molecule has 5 heteroatoms. The number of furan rings is 1. The molecule has 17 heavy (non-hydrogen) atoms. The predicted octanol–water partition coefficient (Wildman–Crippen LogP) is 2.60. The van der Waals surface area contributed by atoms with Gasteiger partial charge in [-0.1, -0.05) is 12.1 Å². The average molecular weight is 297 g/mol. The van der Waals surface area contributed by atoms with Gasteiger partial charge in [-0.3, -0.25) is 5.84 Å². The Balaban J connectivity index is 2.38. The monoisotopic (exact) mass is 296 g/mol. The zero-order valence-corrected chi connectivity index (χ0v) is 10.9. The molecule has 0 saturated heterocycles. The van der Waals surface area contributed by atoms with E-state index in [1.807, 2.05) is 30.3 Å². The quantitative estimate of drug-likeness (QED) is 0.672. The smallest absolute Gasteiger partial charge is 0.174 e. The van der Waals surface area contributed by atoms with Crippen molar-refractivity contribution < 1.29 is 9.15 Å². The lowest BCUT2D eigenvalue weighted by Gasteiger charge is -2.16. The van der Waals surface area contributed by atoms with Gasteiger partial charge in [0.25, 0.3) is 0 Å². The normalized spacial score (nSPS) is 12.4. The lowest BCUT2D eigenvalue weighted by atomic mass is 10.0. The lowest BCUT2D eigenvalue weighted by molar-refractivity contribution is 0.413. The van der Waals surface area contributed by atoms with Crippen LogP contribution in [0.4, 0.5) is 0 Å². The summed E-state index contributed by atoms with van der Waals surface area (Å²) in [5, 5.41) is 0. The SMILES string of the molecule is COc1cccc(C(NN)c2ccoc2Br)c1. The van der Waals surface area contributed by atoms with Gasteiger partial charge in [0.15, 0.2) is 4.67 Å². The van der Waals surface area contributed by atoms with E-state index in [0.29, 0.717) is 4.67 Å². The molecule has 1 unspecified atom stereocenters. The van der Waals surface area contributed by atoms with Crippen LogP contribution in [0.5, 0.6) is 5.75 Å². The molecule has 2 aromatic rings. The van der Waals surface area contributed by atoms with E-state index in [9.17, 15) is 0 Å². The van der Waals surface area contributed by atoms with E-state index in [0.717, 1.165) is 16.9 Å². The van der Waals surface area contributed by atoms with Crippen LogP contribution in [0.2, 0.25) is 0 Å². The van der Waals surface area contributed by atoms with Crippen LogP contribution in [-0.2, 0) is 0 Å². The first kappa shape index (κ1) is 12.2. The molecule has 0 bridgehead atoms. The van der Waals surface area contributed by atoms with Gasteiger partial charge in [-0.15, -0.1) is 0 Å². The molecule has 0 saturated carbocycles. The number of nitrogens with two attached hydrogens (primary N) is 1. The number of hydrogen-bond donors (Lipinski definition) is 2. The highest BCUT2D eigenvalue weighted by atomic mass is 79.9. The Morgan fingerprint density at radius 1 is 1.41 bits per heavy atom. The third-order valence-electron chi connectivity index (χ3n) is 2.55. The molecule has 90 valence electrons. The summed E-state index contributed by atoms with van der Waals surface area (Å²) in [6.07, 6.45) is 1.62. The number of hydrazine groups is 1. The minimum absolute atomic E-state index is 0.141. The van der Waals surface area contributed by atoms with E-state index in [4.69, 9.17) is 15.0 Å².